The minimum Gasteiger partial charge on any atom is -0.313 e. The Morgan fingerprint density at radius 1 is 1.16 bits per heavy atom. The smallest absolute Gasteiger partial charge is 0.0406 e. The van der Waals surface area contributed by atoms with Gasteiger partial charge in [-0.15, -0.1) is 0 Å². The topological polar surface area (TPSA) is 15.3 Å². The Kier molecular flexibility index (Phi) is 7.44. The molecule has 0 aliphatic carbocycles. The Balaban J connectivity index is 2.40. The van der Waals surface area contributed by atoms with E-state index in [2.05, 4.69) is 50.2 Å². The van der Waals surface area contributed by atoms with Gasteiger partial charge < -0.3 is 5.32 Å². The van der Waals surface area contributed by atoms with Crippen LogP contribution in [0.4, 0.5) is 0 Å². The highest BCUT2D eigenvalue weighted by Crippen LogP contribution is 2.20. The highest BCUT2D eigenvalue weighted by atomic mass is 35.5. The molecule has 1 aromatic carbocycles. The molecule has 0 spiro atoms. The van der Waals surface area contributed by atoms with Crippen LogP contribution in [0.5, 0.6) is 0 Å². The average Bonchev–Trinajstić information content (AvgIpc) is 2.43. The molecular weight excluding hydrogens is 256 g/mol. The van der Waals surface area contributed by atoms with Crippen molar-refractivity contribution in [1.82, 2.24) is 10.2 Å². The van der Waals surface area contributed by atoms with Gasteiger partial charge in [-0.1, -0.05) is 37.6 Å². The average molecular weight is 283 g/mol. The van der Waals surface area contributed by atoms with E-state index in [9.17, 15) is 0 Å². The van der Waals surface area contributed by atoms with Gasteiger partial charge in [-0.3, -0.25) is 4.90 Å². The lowest BCUT2D eigenvalue weighted by atomic mass is 10.1. The van der Waals surface area contributed by atoms with Crippen molar-refractivity contribution in [3.63, 3.8) is 0 Å². The fraction of sp³-hybridized carbons (Fsp3) is 0.625. The second-order valence-electron chi connectivity index (χ2n) is 5.18. The summed E-state index contributed by atoms with van der Waals surface area (Å²) in [7, 11) is 2.17. The Bertz CT molecular complexity index is 346. The van der Waals surface area contributed by atoms with E-state index in [4.69, 9.17) is 11.6 Å². The number of benzene rings is 1. The van der Waals surface area contributed by atoms with E-state index >= 15 is 0 Å². The van der Waals surface area contributed by atoms with Gasteiger partial charge in [0.2, 0.25) is 0 Å². The van der Waals surface area contributed by atoms with Crippen LogP contribution >= 0.6 is 11.6 Å². The van der Waals surface area contributed by atoms with E-state index in [1.165, 1.54) is 18.4 Å². The van der Waals surface area contributed by atoms with Gasteiger partial charge in [0.15, 0.2) is 0 Å². The molecule has 19 heavy (non-hydrogen) atoms. The van der Waals surface area contributed by atoms with Crippen molar-refractivity contribution in [3.8, 4) is 0 Å². The molecule has 0 aliphatic heterocycles. The molecule has 108 valence electrons. The van der Waals surface area contributed by atoms with E-state index in [0.29, 0.717) is 12.1 Å². The first kappa shape index (κ1) is 16.5. The van der Waals surface area contributed by atoms with Crippen LogP contribution in [0.15, 0.2) is 24.3 Å². The predicted molar refractivity (Wildman–Crippen MR) is 84.9 cm³/mol. The van der Waals surface area contributed by atoms with Crippen molar-refractivity contribution in [1.29, 1.82) is 0 Å². The predicted octanol–water partition coefficient (Wildman–Crippen LogP) is 4.11. The molecule has 0 saturated carbocycles. The summed E-state index contributed by atoms with van der Waals surface area (Å²) in [5.41, 5.74) is 1.31. The molecule has 3 heteroatoms. The van der Waals surface area contributed by atoms with E-state index in [0.717, 1.165) is 18.1 Å². The minimum absolute atomic E-state index is 0.417. The van der Waals surface area contributed by atoms with E-state index < -0.39 is 0 Å². The zero-order valence-electron chi connectivity index (χ0n) is 12.6. The van der Waals surface area contributed by atoms with E-state index in [1.807, 2.05) is 12.1 Å². The number of hydrogen-bond donors (Lipinski definition) is 1. The lowest BCUT2D eigenvalue weighted by molar-refractivity contribution is 0.256. The summed E-state index contributed by atoms with van der Waals surface area (Å²) in [6.45, 7) is 8.81. The number of halogens is 1. The van der Waals surface area contributed by atoms with Crippen LogP contribution in [0.1, 0.15) is 45.2 Å². The molecule has 1 aromatic rings. The molecule has 0 amide bonds. The van der Waals surface area contributed by atoms with Gasteiger partial charge in [-0.25, -0.2) is 0 Å². The molecule has 1 atom stereocenters. The van der Waals surface area contributed by atoms with Gasteiger partial charge in [-0.2, -0.15) is 0 Å². The number of nitrogens with one attached hydrogen (secondary N) is 1. The second kappa shape index (κ2) is 8.57. The lowest BCUT2D eigenvalue weighted by Gasteiger charge is -2.26. The maximum Gasteiger partial charge on any atom is 0.0406 e. The number of likely N-dealkylation sites (N-methyl/N-ethyl adjacent to an activating group) is 1. The molecule has 0 saturated heterocycles. The van der Waals surface area contributed by atoms with Gasteiger partial charge >= 0.3 is 0 Å². The summed E-state index contributed by atoms with van der Waals surface area (Å²) in [6.07, 6.45) is 2.40. The molecule has 1 rings (SSSR count). The Labute approximate surface area is 123 Å². The Morgan fingerprint density at radius 2 is 1.74 bits per heavy atom. The van der Waals surface area contributed by atoms with Crippen molar-refractivity contribution in [2.45, 2.75) is 45.7 Å². The first-order valence-corrected chi connectivity index (χ1v) is 7.65. The quantitative estimate of drug-likeness (QED) is 0.772. The van der Waals surface area contributed by atoms with Crippen LogP contribution < -0.4 is 5.32 Å². The summed E-state index contributed by atoms with van der Waals surface area (Å²) in [5.74, 6) is 0. The molecule has 0 aliphatic rings. The molecule has 0 fully saturated rings. The van der Waals surface area contributed by atoms with Crippen LogP contribution in [-0.4, -0.2) is 31.1 Å². The largest absolute Gasteiger partial charge is 0.313 e. The molecular formula is C16H27ClN2. The van der Waals surface area contributed by atoms with Crippen molar-refractivity contribution < 1.29 is 0 Å². The third-order valence-corrected chi connectivity index (χ3v) is 4.15. The first-order chi connectivity index (χ1) is 9.08. The third-order valence-electron chi connectivity index (χ3n) is 3.90. The highest BCUT2D eigenvalue weighted by Gasteiger charge is 2.11. The minimum atomic E-state index is 0.417. The van der Waals surface area contributed by atoms with Gasteiger partial charge in [0.05, 0.1) is 0 Å². The normalized spacial score (nSPS) is 13.2. The fourth-order valence-corrected chi connectivity index (χ4v) is 2.34. The fourth-order valence-electron chi connectivity index (χ4n) is 2.21. The van der Waals surface area contributed by atoms with Crippen molar-refractivity contribution >= 4 is 11.6 Å². The Hall–Kier alpha value is -0.570. The summed E-state index contributed by atoms with van der Waals surface area (Å²) in [5, 5.41) is 4.40. The van der Waals surface area contributed by atoms with Crippen molar-refractivity contribution in [3.05, 3.63) is 34.9 Å². The maximum atomic E-state index is 5.92. The van der Waals surface area contributed by atoms with Crippen LogP contribution in [0.2, 0.25) is 5.02 Å². The molecule has 0 bridgehead atoms. The van der Waals surface area contributed by atoms with Crippen LogP contribution in [-0.2, 0) is 0 Å². The van der Waals surface area contributed by atoms with Gasteiger partial charge in [0.25, 0.3) is 0 Å². The number of rotatable bonds is 8. The Morgan fingerprint density at radius 3 is 2.26 bits per heavy atom. The summed E-state index contributed by atoms with van der Waals surface area (Å²) >= 11 is 5.92. The third kappa shape index (κ3) is 5.52. The molecule has 0 radical (unpaired) electrons. The second-order valence-corrected chi connectivity index (χ2v) is 5.61. The first-order valence-electron chi connectivity index (χ1n) is 7.27. The van der Waals surface area contributed by atoms with Gasteiger partial charge in [-0.05, 0) is 44.5 Å². The standard InChI is InChI=1S/C16H27ClN2/c1-5-16(6-2)18-11-12-19(4)13(3)14-7-9-15(17)10-8-14/h7-10,13,16,18H,5-6,11-12H2,1-4H3. The zero-order chi connectivity index (χ0) is 14.3. The summed E-state index contributed by atoms with van der Waals surface area (Å²) in [4.78, 5) is 2.37. The van der Waals surface area contributed by atoms with Crippen LogP contribution in [0.25, 0.3) is 0 Å². The highest BCUT2D eigenvalue weighted by molar-refractivity contribution is 6.30. The van der Waals surface area contributed by atoms with Crippen LogP contribution in [0.3, 0.4) is 0 Å². The van der Waals surface area contributed by atoms with Gasteiger partial charge in [0.1, 0.15) is 0 Å². The number of nitrogens with zero attached hydrogens (tertiary/aromatic N) is 1. The SMILES string of the molecule is CCC(CC)NCCN(C)C(C)c1ccc(Cl)cc1. The molecule has 0 heterocycles. The lowest BCUT2D eigenvalue weighted by Crippen LogP contribution is -2.36. The van der Waals surface area contributed by atoms with Gasteiger partial charge in [0, 0.05) is 30.2 Å². The molecule has 0 aromatic heterocycles. The van der Waals surface area contributed by atoms with Crippen molar-refractivity contribution in [2.75, 3.05) is 20.1 Å². The van der Waals surface area contributed by atoms with E-state index in [-0.39, 0.29) is 0 Å². The molecule has 1 unspecified atom stereocenters. The summed E-state index contributed by atoms with van der Waals surface area (Å²) < 4.78 is 0. The summed E-state index contributed by atoms with van der Waals surface area (Å²) in [6, 6.07) is 9.21. The monoisotopic (exact) mass is 282 g/mol. The number of hydrogen-bond acceptors (Lipinski definition) is 2. The van der Waals surface area contributed by atoms with Crippen LogP contribution in [0, 0.1) is 0 Å². The van der Waals surface area contributed by atoms with Crippen molar-refractivity contribution in [2.24, 2.45) is 0 Å². The molecule has 2 nitrogen and oxygen atoms in total. The zero-order valence-corrected chi connectivity index (χ0v) is 13.4. The molecule has 1 N–H and O–H groups in total. The van der Waals surface area contributed by atoms with E-state index in [1.54, 1.807) is 0 Å². The maximum absolute atomic E-state index is 5.92.